The molecule has 0 N–H and O–H groups in total. The van der Waals surface area contributed by atoms with Crippen molar-refractivity contribution in [3.8, 4) is 17.0 Å². The minimum Gasteiger partial charge on any atom is -0.435 e. The molecule has 0 unspecified atom stereocenters. The van der Waals surface area contributed by atoms with E-state index in [-0.39, 0.29) is 11.3 Å². The first-order valence-corrected chi connectivity index (χ1v) is 6.42. The first kappa shape index (κ1) is 15.2. The number of aldehydes is 1. The van der Waals surface area contributed by atoms with E-state index in [2.05, 4.69) is 9.84 Å². The van der Waals surface area contributed by atoms with E-state index in [0.29, 0.717) is 23.1 Å². The molecular weight excluding hydrogens is 278 g/mol. The third kappa shape index (κ3) is 3.45. The second-order valence-electron chi connectivity index (χ2n) is 5.57. The fourth-order valence-electron chi connectivity index (χ4n) is 1.86. The van der Waals surface area contributed by atoms with Gasteiger partial charge in [0.05, 0.1) is 11.1 Å². The molecule has 2 aromatic rings. The summed E-state index contributed by atoms with van der Waals surface area (Å²) < 4.78 is 30.6. The Hall–Kier alpha value is -2.24. The third-order valence-corrected chi connectivity index (χ3v) is 2.89. The van der Waals surface area contributed by atoms with Crippen LogP contribution in [0.4, 0.5) is 8.78 Å². The van der Waals surface area contributed by atoms with Crippen LogP contribution in [0.3, 0.4) is 0 Å². The molecule has 0 aliphatic heterocycles. The van der Waals surface area contributed by atoms with Crippen molar-refractivity contribution in [1.82, 2.24) is 9.78 Å². The maximum atomic E-state index is 12.3. The lowest BCUT2D eigenvalue weighted by molar-refractivity contribution is -0.0498. The molecule has 0 saturated carbocycles. The summed E-state index contributed by atoms with van der Waals surface area (Å²) >= 11 is 0. The number of carbonyl (C=O) groups is 1. The zero-order valence-electron chi connectivity index (χ0n) is 12.0. The molecule has 1 aromatic carbocycles. The maximum Gasteiger partial charge on any atom is 0.387 e. The van der Waals surface area contributed by atoms with Crippen LogP contribution in [-0.2, 0) is 5.54 Å². The summed E-state index contributed by atoms with van der Waals surface area (Å²) in [7, 11) is 0. The van der Waals surface area contributed by atoms with Gasteiger partial charge in [-0.15, -0.1) is 0 Å². The minimum absolute atomic E-state index is 0.0321. The summed E-state index contributed by atoms with van der Waals surface area (Å²) in [4.78, 5) is 11.2. The van der Waals surface area contributed by atoms with Gasteiger partial charge in [-0.05, 0) is 32.9 Å². The van der Waals surface area contributed by atoms with Crippen LogP contribution < -0.4 is 4.74 Å². The standard InChI is InChI=1S/C15H16F2N2O2/c1-15(2,3)19-8-11(9-20)13(18-19)10-5-4-6-12(7-10)21-14(16)17/h4-9,14H,1-3H3. The first-order chi connectivity index (χ1) is 9.81. The van der Waals surface area contributed by atoms with Crippen LogP contribution in [0.15, 0.2) is 30.5 Å². The normalized spacial score (nSPS) is 11.7. The molecule has 21 heavy (non-hydrogen) atoms. The van der Waals surface area contributed by atoms with Gasteiger partial charge in [0.25, 0.3) is 0 Å². The average molecular weight is 294 g/mol. The van der Waals surface area contributed by atoms with Crippen LogP contribution >= 0.6 is 0 Å². The molecule has 0 aliphatic rings. The minimum atomic E-state index is -2.89. The van der Waals surface area contributed by atoms with E-state index in [9.17, 15) is 13.6 Å². The predicted octanol–water partition coefficient (Wildman–Crippen LogP) is 3.72. The molecule has 1 aromatic heterocycles. The van der Waals surface area contributed by atoms with Crippen LogP contribution in [0.25, 0.3) is 11.3 Å². The van der Waals surface area contributed by atoms with Crippen molar-refractivity contribution in [2.75, 3.05) is 0 Å². The lowest BCUT2D eigenvalue weighted by Crippen LogP contribution is -2.22. The number of carbonyl (C=O) groups excluding carboxylic acids is 1. The highest BCUT2D eigenvalue weighted by molar-refractivity contribution is 5.85. The molecule has 4 nitrogen and oxygen atoms in total. The Balaban J connectivity index is 2.46. The second kappa shape index (κ2) is 5.63. The monoisotopic (exact) mass is 294 g/mol. The number of nitrogens with zero attached hydrogens (tertiary/aromatic N) is 2. The average Bonchev–Trinajstić information content (AvgIpc) is 2.82. The maximum absolute atomic E-state index is 12.3. The van der Waals surface area contributed by atoms with E-state index in [1.54, 1.807) is 23.0 Å². The van der Waals surface area contributed by atoms with Crippen molar-refractivity contribution in [3.05, 3.63) is 36.0 Å². The fraction of sp³-hybridized carbons (Fsp3) is 0.333. The predicted molar refractivity (Wildman–Crippen MR) is 74.7 cm³/mol. The van der Waals surface area contributed by atoms with Crippen LogP contribution in [0.5, 0.6) is 5.75 Å². The number of benzene rings is 1. The summed E-state index contributed by atoms with van der Waals surface area (Å²) in [5.41, 5.74) is 1.12. The van der Waals surface area contributed by atoms with Gasteiger partial charge in [-0.2, -0.15) is 13.9 Å². The largest absolute Gasteiger partial charge is 0.435 e. The molecule has 0 aliphatic carbocycles. The Morgan fingerprint density at radius 1 is 1.33 bits per heavy atom. The van der Waals surface area contributed by atoms with Crippen molar-refractivity contribution in [3.63, 3.8) is 0 Å². The summed E-state index contributed by atoms with van der Waals surface area (Å²) in [6, 6.07) is 6.14. The van der Waals surface area contributed by atoms with Gasteiger partial charge in [-0.3, -0.25) is 9.48 Å². The molecule has 1 heterocycles. The molecular formula is C15H16F2N2O2. The van der Waals surface area contributed by atoms with E-state index in [1.165, 1.54) is 12.1 Å². The Labute approximate surface area is 121 Å². The van der Waals surface area contributed by atoms with Crippen molar-refractivity contribution in [1.29, 1.82) is 0 Å². The molecule has 6 heteroatoms. The van der Waals surface area contributed by atoms with Crippen LogP contribution in [-0.4, -0.2) is 22.7 Å². The SMILES string of the molecule is CC(C)(C)n1cc(C=O)c(-c2cccc(OC(F)F)c2)n1. The first-order valence-electron chi connectivity index (χ1n) is 6.42. The molecule has 0 radical (unpaired) electrons. The van der Waals surface area contributed by atoms with E-state index in [1.807, 2.05) is 20.8 Å². The zero-order chi connectivity index (χ0) is 15.6. The van der Waals surface area contributed by atoms with Gasteiger partial charge < -0.3 is 4.74 Å². The van der Waals surface area contributed by atoms with Crippen molar-refractivity contribution < 1.29 is 18.3 Å². The van der Waals surface area contributed by atoms with Crippen LogP contribution in [0, 0.1) is 0 Å². The van der Waals surface area contributed by atoms with Gasteiger partial charge in [0.15, 0.2) is 6.29 Å². The van der Waals surface area contributed by atoms with E-state index in [0.717, 1.165) is 0 Å². The van der Waals surface area contributed by atoms with Crippen LogP contribution in [0.2, 0.25) is 0 Å². The molecule has 112 valence electrons. The third-order valence-electron chi connectivity index (χ3n) is 2.89. The lowest BCUT2D eigenvalue weighted by atomic mass is 10.1. The smallest absolute Gasteiger partial charge is 0.387 e. The summed E-state index contributed by atoms with van der Waals surface area (Å²) in [6.07, 6.45) is 2.34. The fourth-order valence-corrected chi connectivity index (χ4v) is 1.86. The summed E-state index contributed by atoms with van der Waals surface area (Å²) in [5.74, 6) is 0.0321. The Morgan fingerprint density at radius 2 is 2.05 bits per heavy atom. The Bertz CT molecular complexity index is 645. The number of ether oxygens (including phenoxy) is 1. The van der Waals surface area contributed by atoms with Crippen molar-refractivity contribution >= 4 is 6.29 Å². The van der Waals surface area contributed by atoms with Crippen molar-refractivity contribution in [2.24, 2.45) is 0 Å². The van der Waals surface area contributed by atoms with Gasteiger partial charge >= 0.3 is 6.61 Å². The number of halogens is 2. The highest BCUT2D eigenvalue weighted by Gasteiger charge is 2.19. The Kier molecular flexibility index (Phi) is 4.06. The zero-order valence-corrected chi connectivity index (χ0v) is 12.0. The quantitative estimate of drug-likeness (QED) is 0.807. The summed E-state index contributed by atoms with van der Waals surface area (Å²) in [5, 5.41) is 4.39. The number of hydrogen-bond donors (Lipinski definition) is 0. The summed E-state index contributed by atoms with van der Waals surface area (Å²) in [6.45, 7) is 2.97. The molecule has 2 rings (SSSR count). The highest BCUT2D eigenvalue weighted by Crippen LogP contribution is 2.27. The lowest BCUT2D eigenvalue weighted by Gasteiger charge is -2.18. The van der Waals surface area contributed by atoms with Gasteiger partial charge in [0, 0.05) is 11.8 Å². The second-order valence-corrected chi connectivity index (χ2v) is 5.57. The Morgan fingerprint density at radius 3 is 2.62 bits per heavy atom. The number of hydrogen-bond acceptors (Lipinski definition) is 3. The number of alkyl halides is 2. The molecule has 0 atom stereocenters. The number of rotatable bonds is 4. The molecule has 0 amide bonds. The van der Waals surface area contributed by atoms with Crippen LogP contribution in [0.1, 0.15) is 31.1 Å². The van der Waals surface area contributed by atoms with E-state index < -0.39 is 6.61 Å². The molecule has 0 spiro atoms. The van der Waals surface area contributed by atoms with Gasteiger partial charge in [-0.1, -0.05) is 12.1 Å². The highest BCUT2D eigenvalue weighted by atomic mass is 19.3. The van der Waals surface area contributed by atoms with Gasteiger partial charge in [0.2, 0.25) is 0 Å². The van der Waals surface area contributed by atoms with E-state index in [4.69, 9.17) is 0 Å². The molecule has 0 fully saturated rings. The molecule has 0 bridgehead atoms. The molecule has 0 saturated heterocycles. The topological polar surface area (TPSA) is 44.1 Å². The van der Waals surface area contributed by atoms with Crippen molar-refractivity contribution in [2.45, 2.75) is 32.9 Å². The number of aromatic nitrogens is 2. The van der Waals surface area contributed by atoms with Gasteiger partial charge in [-0.25, -0.2) is 0 Å². The van der Waals surface area contributed by atoms with Gasteiger partial charge in [0.1, 0.15) is 11.4 Å². The van der Waals surface area contributed by atoms with E-state index >= 15 is 0 Å².